The van der Waals surface area contributed by atoms with Gasteiger partial charge in [0, 0.05) is 31.0 Å². The Kier molecular flexibility index (Phi) is 4.34. The molecular weight excluding hydrogens is 256 g/mol. The molecule has 6 heteroatoms. The highest BCUT2D eigenvalue weighted by molar-refractivity contribution is 5.77. The molecule has 0 saturated heterocycles. The average Bonchev–Trinajstić information content (AvgIpc) is 2.69. The predicted molar refractivity (Wildman–Crippen MR) is 74.3 cm³/mol. The normalized spacial score (nSPS) is 10.3. The zero-order valence-electron chi connectivity index (χ0n) is 11.9. The van der Waals surface area contributed by atoms with Gasteiger partial charge in [0.05, 0.1) is 11.9 Å². The van der Waals surface area contributed by atoms with E-state index >= 15 is 0 Å². The minimum Gasteiger partial charge on any atom is -0.482 e. The van der Waals surface area contributed by atoms with Gasteiger partial charge in [-0.15, -0.1) is 0 Å². The summed E-state index contributed by atoms with van der Waals surface area (Å²) in [6.07, 6.45) is 3.23. The minimum atomic E-state index is -0.170. The van der Waals surface area contributed by atoms with E-state index in [1.165, 1.54) is 0 Å². The fourth-order valence-corrected chi connectivity index (χ4v) is 1.89. The lowest BCUT2D eigenvalue weighted by molar-refractivity contribution is -0.123. The molecule has 0 aliphatic heterocycles. The molecule has 2 aromatic heterocycles. The summed E-state index contributed by atoms with van der Waals surface area (Å²) in [4.78, 5) is 15.6. The summed E-state index contributed by atoms with van der Waals surface area (Å²) in [5, 5.41) is 7.13. The second-order valence-electron chi connectivity index (χ2n) is 4.53. The number of nitrogens with zero attached hydrogens (tertiary/aromatic N) is 3. The number of carbonyl (C=O) groups is 1. The number of amides is 1. The standard InChI is InChI=1S/C14H18N4O2/c1-10-13(11(2)18(3)17-10)8-16-14(19)9-20-12-5-4-6-15-7-12/h4-7H,8-9H2,1-3H3,(H,16,19). The van der Waals surface area contributed by atoms with E-state index in [0.29, 0.717) is 12.3 Å². The predicted octanol–water partition coefficient (Wildman–Crippen LogP) is 1.13. The molecule has 20 heavy (non-hydrogen) atoms. The van der Waals surface area contributed by atoms with Gasteiger partial charge in [0.15, 0.2) is 6.61 Å². The number of rotatable bonds is 5. The van der Waals surface area contributed by atoms with Gasteiger partial charge in [0.2, 0.25) is 0 Å². The summed E-state index contributed by atoms with van der Waals surface area (Å²) in [6.45, 7) is 4.35. The highest BCUT2D eigenvalue weighted by atomic mass is 16.5. The number of pyridine rings is 1. The van der Waals surface area contributed by atoms with E-state index < -0.39 is 0 Å². The summed E-state index contributed by atoms with van der Waals surface area (Å²) in [6, 6.07) is 3.52. The molecule has 1 N–H and O–H groups in total. The van der Waals surface area contributed by atoms with Gasteiger partial charge in [-0.2, -0.15) is 5.10 Å². The van der Waals surface area contributed by atoms with Crippen molar-refractivity contribution in [2.75, 3.05) is 6.61 Å². The maximum absolute atomic E-state index is 11.7. The molecule has 0 unspecified atom stereocenters. The van der Waals surface area contributed by atoms with E-state index in [1.807, 2.05) is 25.6 Å². The van der Waals surface area contributed by atoms with E-state index in [1.54, 1.807) is 24.5 Å². The monoisotopic (exact) mass is 274 g/mol. The van der Waals surface area contributed by atoms with Crippen LogP contribution in [0.5, 0.6) is 5.75 Å². The molecule has 2 rings (SSSR count). The number of aryl methyl sites for hydroxylation is 2. The molecule has 6 nitrogen and oxygen atoms in total. The van der Waals surface area contributed by atoms with E-state index in [2.05, 4.69) is 15.4 Å². The second kappa shape index (κ2) is 6.18. The lowest BCUT2D eigenvalue weighted by atomic mass is 10.2. The number of ether oxygens (including phenoxy) is 1. The first-order valence-electron chi connectivity index (χ1n) is 6.36. The van der Waals surface area contributed by atoms with Crippen molar-refractivity contribution in [3.8, 4) is 5.75 Å². The fraction of sp³-hybridized carbons (Fsp3) is 0.357. The Morgan fingerprint density at radius 1 is 1.45 bits per heavy atom. The first kappa shape index (κ1) is 14.0. The number of aromatic nitrogens is 3. The van der Waals surface area contributed by atoms with Crippen LogP contribution in [0.4, 0.5) is 0 Å². The van der Waals surface area contributed by atoms with E-state index in [0.717, 1.165) is 17.0 Å². The molecule has 0 aliphatic carbocycles. The van der Waals surface area contributed by atoms with Crippen LogP contribution < -0.4 is 10.1 Å². The van der Waals surface area contributed by atoms with Gasteiger partial charge >= 0.3 is 0 Å². The van der Waals surface area contributed by atoms with Gasteiger partial charge in [-0.25, -0.2) is 0 Å². The molecule has 0 atom stereocenters. The molecule has 0 aromatic carbocycles. The fourth-order valence-electron chi connectivity index (χ4n) is 1.89. The molecule has 2 aromatic rings. The number of nitrogens with one attached hydrogen (secondary N) is 1. The summed E-state index contributed by atoms with van der Waals surface area (Å²) in [7, 11) is 1.89. The van der Waals surface area contributed by atoms with Gasteiger partial charge in [-0.05, 0) is 26.0 Å². The Labute approximate surface area is 117 Å². The smallest absolute Gasteiger partial charge is 0.258 e. The van der Waals surface area contributed by atoms with E-state index in [4.69, 9.17) is 4.74 Å². The maximum Gasteiger partial charge on any atom is 0.258 e. The minimum absolute atomic E-state index is 0.0238. The topological polar surface area (TPSA) is 69.0 Å². The van der Waals surface area contributed by atoms with E-state index in [-0.39, 0.29) is 12.5 Å². The molecule has 0 fully saturated rings. The third-order valence-corrected chi connectivity index (χ3v) is 3.13. The summed E-state index contributed by atoms with van der Waals surface area (Å²) in [5.74, 6) is 0.410. The second-order valence-corrected chi connectivity index (χ2v) is 4.53. The Bertz CT molecular complexity index is 593. The SMILES string of the molecule is Cc1nn(C)c(C)c1CNC(=O)COc1cccnc1. The van der Waals surface area contributed by atoms with Crippen molar-refractivity contribution in [2.45, 2.75) is 20.4 Å². The Hall–Kier alpha value is -2.37. The average molecular weight is 274 g/mol. The van der Waals surface area contributed by atoms with Crippen molar-refractivity contribution in [3.05, 3.63) is 41.5 Å². The first-order valence-corrected chi connectivity index (χ1v) is 6.36. The maximum atomic E-state index is 11.7. The largest absolute Gasteiger partial charge is 0.482 e. The van der Waals surface area contributed by atoms with Gasteiger partial charge in [-0.3, -0.25) is 14.5 Å². The van der Waals surface area contributed by atoms with Gasteiger partial charge in [0.25, 0.3) is 5.91 Å². The number of hydrogen-bond acceptors (Lipinski definition) is 4. The van der Waals surface area contributed by atoms with Crippen molar-refractivity contribution in [3.63, 3.8) is 0 Å². The quantitative estimate of drug-likeness (QED) is 0.887. The zero-order chi connectivity index (χ0) is 14.5. The van der Waals surface area contributed by atoms with Crippen molar-refractivity contribution < 1.29 is 9.53 Å². The molecule has 0 radical (unpaired) electrons. The van der Waals surface area contributed by atoms with Crippen LogP contribution in [0.1, 0.15) is 17.0 Å². The Morgan fingerprint density at radius 3 is 2.85 bits per heavy atom. The highest BCUT2D eigenvalue weighted by Gasteiger charge is 2.10. The molecular formula is C14H18N4O2. The van der Waals surface area contributed by atoms with Crippen LogP contribution >= 0.6 is 0 Å². The summed E-state index contributed by atoms with van der Waals surface area (Å²) >= 11 is 0. The van der Waals surface area contributed by atoms with Crippen molar-refractivity contribution in [2.24, 2.45) is 7.05 Å². The molecule has 2 heterocycles. The van der Waals surface area contributed by atoms with Gasteiger partial charge in [-0.1, -0.05) is 0 Å². The number of hydrogen-bond donors (Lipinski definition) is 1. The van der Waals surface area contributed by atoms with Crippen molar-refractivity contribution >= 4 is 5.91 Å². The van der Waals surface area contributed by atoms with Gasteiger partial charge < -0.3 is 10.1 Å². The van der Waals surface area contributed by atoms with Crippen LogP contribution in [0.25, 0.3) is 0 Å². The van der Waals surface area contributed by atoms with Crippen molar-refractivity contribution in [1.82, 2.24) is 20.1 Å². The van der Waals surface area contributed by atoms with Crippen molar-refractivity contribution in [1.29, 1.82) is 0 Å². The van der Waals surface area contributed by atoms with Crippen LogP contribution in [-0.2, 0) is 18.4 Å². The third-order valence-electron chi connectivity index (χ3n) is 3.13. The Balaban J connectivity index is 1.83. The third kappa shape index (κ3) is 3.34. The lowest BCUT2D eigenvalue weighted by Crippen LogP contribution is -2.28. The summed E-state index contributed by atoms with van der Waals surface area (Å²) < 4.78 is 7.14. The first-order chi connectivity index (χ1) is 9.58. The van der Waals surface area contributed by atoms with E-state index in [9.17, 15) is 4.79 Å². The highest BCUT2D eigenvalue weighted by Crippen LogP contribution is 2.11. The molecule has 0 spiro atoms. The lowest BCUT2D eigenvalue weighted by Gasteiger charge is -2.07. The van der Waals surface area contributed by atoms with Crippen LogP contribution in [0.3, 0.4) is 0 Å². The zero-order valence-corrected chi connectivity index (χ0v) is 11.9. The van der Waals surface area contributed by atoms with Crippen LogP contribution in [0, 0.1) is 13.8 Å². The molecule has 0 bridgehead atoms. The summed E-state index contributed by atoms with van der Waals surface area (Å²) in [5.41, 5.74) is 3.02. The van der Waals surface area contributed by atoms with Crippen LogP contribution in [-0.4, -0.2) is 27.3 Å². The molecule has 0 saturated carbocycles. The number of carbonyl (C=O) groups excluding carboxylic acids is 1. The molecule has 0 aliphatic rings. The molecule has 106 valence electrons. The van der Waals surface area contributed by atoms with Gasteiger partial charge in [0.1, 0.15) is 5.75 Å². The Morgan fingerprint density at radius 2 is 2.25 bits per heavy atom. The molecule has 1 amide bonds. The van der Waals surface area contributed by atoms with Crippen LogP contribution in [0.15, 0.2) is 24.5 Å². The van der Waals surface area contributed by atoms with Crippen LogP contribution in [0.2, 0.25) is 0 Å².